The van der Waals surface area contributed by atoms with E-state index in [1.54, 1.807) is 12.1 Å². The van der Waals surface area contributed by atoms with E-state index in [-0.39, 0.29) is 11.0 Å². The van der Waals surface area contributed by atoms with Crippen molar-refractivity contribution in [2.24, 2.45) is 18.0 Å². The van der Waals surface area contributed by atoms with Crippen LogP contribution in [-0.2, 0) is 19.0 Å². The Bertz CT molecular complexity index is 895. The minimum atomic E-state index is -0.528. The summed E-state index contributed by atoms with van der Waals surface area (Å²) in [7, 11) is 2.01. The first-order valence-corrected chi connectivity index (χ1v) is 9.29. The summed E-state index contributed by atoms with van der Waals surface area (Å²) < 4.78 is 18.2. The predicted molar refractivity (Wildman–Crippen MR) is 100 cm³/mol. The molecule has 0 N–H and O–H groups in total. The number of carbonyl (C=O) groups excluding carboxylic acids is 1. The third-order valence-electron chi connectivity index (χ3n) is 5.23. The zero-order valence-electron chi connectivity index (χ0n) is 16.3. The number of nitrogens with zero attached hydrogens (tertiary/aromatic N) is 3. The first-order chi connectivity index (χ1) is 12.2. The maximum atomic E-state index is 14.1. The molecule has 140 valence electrons. The Morgan fingerprint density at radius 2 is 1.96 bits per heavy atom. The summed E-state index contributed by atoms with van der Waals surface area (Å²) in [5, 5.41) is 0. The van der Waals surface area contributed by atoms with Crippen molar-refractivity contribution < 1.29 is 9.18 Å². The molecule has 5 heteroatoms. The Kier molecular flexibility index (Phi) is 4.91. The molecule has 26 heavy (non-hydrogen) atoms. The van der Waals surface area contributed by atoms with Gasteiger partial charge in [-0.3, -0.25) is 14.2 Å². The van der Waals surface area contributed by atoms with Crippen molar-refractivity contribution in [1.82, 2.24) is 9.36 Å². The normalized spacial score (nSPS) is 16.0. The number of aryl methyl sites for hydroxylation is 1. The van der Waals surface area contributed by atoms with Gasteiger partial charge in [-0.05, 0) is 37.8 Å². The minimum Gasteiger partial charge on any atom is -0.291 e. The van der Waals surface area contributed by atoms with Crippen LogP contribution in [0.3, 0.4) is 0 Å². The molecular formula is C21H28FN3O. The van der Waals surface area contributed by atoms with Crippen LogP contribution in [0.1, 0.15) is 61.6 Å². The molecule has 1 aliphatic carbocycles. The van der Waals surface area contributed by atoms with E-state index in [0.29, 0.717) is 11.4 Å². The molecular weight excluding hydrogens is 329 g/mol. The third-order valence-corrected chi connectivity index (χ3v) is 5.23. The Labute approximate surface area is 154 Å². The number of rotatable bonds is 3. The fourth-order valence-electron chi connectivity index (χ4n) is 3.47. The highest BCUT2D eigenvalue weighted by molar-refractivity contribution is 5.95. The average molecular weight is 357 g/mol. The van der Waals surface area contributed by atoms with Crippen molar-refractivity contribution in [3.63, 3.8) is 0 Å². The van der Waals surface area contributed by atoms with Crippen LogP contribution in [0.5, 0.6) is 0 Å². The largest absolute Gasteiger partial charge is 0.291 e. The Morgan fingerprint density at radius 3 is 2.54 bits per heavy atom. The minimum absolute atomic E-state index is 0.0290. The molecule has 4 nitrogen and oxygen atoms in total. The fourth-order valence-corrected chi connectivity index (χ4v) is 3.47. The second kappa shape index (κ2) is 6.86. The number of carbonyl (C=O) groups is 1. The predicted octanol–water partition coefficient (Wildman–Crippen LogP) is 4.11. The lowest BCUT2D eigenvalue weighted by molar-refractivity contribution is 0.0992. The molecule has 1 heterocycles. The van der Waals surface area contributed by atoms with E-state index in [9.17, 15) is 9.18 Å². The standard InChI is InChI=1S/C21H28FN3O/c1-14-9-10-17(22)16(11-14)20(26)23-19-12-18(21(2,3)4)24(5)25(19)13-15-7-6-8-15/h9-12,15H,6-8,13H2,1-5H3. The van der Waals surface area contributed by atoms with Gasteiger partial charge in [0.15, 0.2) is 5.49 Å². The van der Waals surface area contributed by atoms with E-state index in [4.69, 9.17) is 0 Å². The van der Waals surface area contributed by atoms with E-state index in [1.165, 1.54) is 25.3 Å². The van der Waals surface area contributed by atoms with Crippen molar-refractivity contribution in [1.29, 1.82) is 0 Å². The SMILES string of the molecule is Cc1ccc(F)c(C(=O)N=c2cc(C(C)(C)C)n(C)n2CC2CCC2)c1. The van der Waals surface area contributed by atoms with Gasteiger partial charge in [-0.2, -0.15) is 4.99 Å². The summed E-state index contributed by atoms with van der Waals surface area (Å²) in [6.07, 6.45) is 3.69. The second-order valence-electron chi connectivity index (χ2n) is 8.44. The quantitative estimate of drug-likeness (QED) is 0.815. The first kappa shape index (κ1) is 18.6. The summed E-state index contributed by atoms with van der Waals surface area (Å²) in [6.45, 7) is 9.10. The molecule has 3 rings (SSSR count). The van der Waals surface area contributed by atoms with E-state index in [0.717, 1.165) is 17.8 Å². The van der Waals surface area contributed by atoms with Crippen molar-refractivity contribution in [3.05, 3.63) is 52.4 Å². The molecule has 0 spiro atoms. The van der Waals surface area contributed by atoms with Gasteiger partial charge in [0.05, 0.1) is 5.56 Å². The van der Waals surface area contributed by atoms with Crippen molar-refractivity contribution >= 4 is 5.91 Å². The number of benzene rings is 1. The molecule has 1 aliphatic rings. The summed E-state index contributed by atoms with van der Waals surface area (Å²) in [5.74, 6) is -0.428. The van der Waals surface area contributed by atoms with E-state index in [1.807, 2.05) is 20.0 Å². The van der Waals surface area contributed by atoms with Crippen molar-refractivity contribution in [2.75, 3.05) is 0 Å². The second-order valence-corrected chi connectivity index (χ2v) is 8.44. The van der Waals surface area contributed by atoms with E-state index in [2.05, 4.69) is 35.1 Å². The van der Waals surface area contributed by atoms with Gasteiger partial charge in [0.25, 0.3) is 5.91 Å². The molecule has 0 saturated heterocycles. The van der Waals surface area contributed by atoms with Crippen LogP contribution in [0.25, 0.3) is 0 Å². The van der Waals surface area contributed by atoms with Crippen LogP contribution in [0, 0.1) is 18.7 Å². The number of aromatic nitrogens is 2. The topological polar surface area (TPSA) is 39.3 Å². The third kappa shape index (κ3) is 3.67. The van der Waals surface area contributed by atoms with Gasteiger partial charge in [0.2, 0.25) is 0 Å². The summed E-state index contributed by atoms with van der Waals surface area (Å²) in [5.41, 5.74) is 2.52. The smallest absolute Gasteiger partial charge is 0.281 e. The highest BCUT2D eigenvalue weighted by atomic mass is 19.1. The molecule has 0 aliphatic heterocycles. The maximum Gasteiger partial charge on any atom is 0.281 e. The molecule has 0 bridgehead atoms. The summed E-state index contributed by atoms with van der Waals surface area (Å²) >= 11 is 0. The molecule has 1 aromatic carbocycles. The molecule has 0 atom stereocenters. The monoisotopic (exact) mass is 357 g/mol. The van der Waals surface area contributed by atoms with Gasteiger partial charge in [0, 0.05) is 30.8 Å². The molecule has 0 unspecified atom stereocenters. The highest BCUT2D eigenvalue weighted by Gasteiger charge is 2.24. The van der Waals surface area contributed by atoms with Gasteiger partial charge < -0.3 is 0 Å². The average Bonchev–Trinajstić information content (AvgIpc) is 2.81. The lowest BCUT2D eigenvalue weighted by atomic mass is 9.85. The van der Waals surface area contributed by atoms with Crippen molar-refractivity contribution in [2.45, 2.75) is 58.9 Å². The number of hydrogen-bond acceptors (Lipinski definition) is 1. The first-order valence-electron chi connectivity index (χ1n) is 9.29. The zero-order chi connectivity index (χ0) is 19.1. The van der Waals surface area contributed by atoms with Gasteiger partial charge in [-0.25, -0.2) is 4.39 Å². The maximum absolute atomic E-state index is 14.1. The van der Waals surface area contributed by atoms with Crippen LogP contribution >= 0.6 is 0 Å². The van der Waals surface area contributed by atoms with Gasteiger partial charge in [-0.15, -0.1) is 0 Å². The molecule has 1 fully saturated rings. The summed E-state index contributed by atoms with van der Waals surface area (Å²) in [4.78, 5) is 17.0. The number of amides is 1. The number of hydrogen-bond donors (Lipinski definition) is 0. The molecule has 0 radical (unpaired) electrons. The Morgan fingerprint density at radius 1 is 1.27 bits per heavy atom. The van der Waals surface area contributed by atoms with Crippen LogP contribution in [0.4, 0.5) is 4.39 Å². The zero-order valence-corrected chi connectivity index (χ0v) is 16.3. The molecule has 1 saturated carbocycles. The Hall–Kier alpha value is -2.17. The molecule has 2 aromatic rings. The summed E-state index contributed by atoms with van der Waals surface area (Å²) in [6, 6.07) is 6.50. The highest BCUT2D eigenvalue weighted by Crippen LogP contribution is 2.28. The van der Waals surface area contributed by atoms with Crippen LogP contribution in [0.15, 0.2) is 29.3 Å². The van der Waals surface area contributed by atoms with E-state index < -0.39 is 11.7 Å². The van der Waals surface area contributed by atoms with Crippen LogP contribution in [0.2, 0.25) is 0 Å². The molecule has 1 aromatic heterocycles. The van der Waals surface area contributed by atoms with Gasteiger partial charge >= 0.3 is 0 Å². The lowest BCUT2D eigenvalue weighted by Gasteiger charge is -2.27. The number of halogens is 1. The van der Waals surface area contributed by atoms with Crippen LogP contribution in [-0.4, -0.2) is 15.3 Å². The molecule has 1 amide bonds. The fraction of sp³-hybridized carbons (Fsp3) is 0.524. The van der Waals surface area contributed by atoms with Crippen LogP contribution < -0.4 is 5.49 Å². The van der Waals surface area contributed by atoms with E-state index >= 15 is 0 Å². The lowest BCUT2D eigenvalue weighted by Crippen LogP contribution is -2.30. The van der Waals surface area contributed by atoms with Gasteiger partial charge in [0.1, 0.15) is 5.82 Å². The van der Waals surface area contributed by atoms with Crippen molar-refractivity contribution in [3.8, 4) is 0 Å². The Balaban J connectivity index is 2.08. The van der Waals surface area contributed by atoms with Gasteiger partial charge in [-0.1, -0.05) is 38.8 Å².